The average molecular weight is 361 g/mol. The summed E-state index contributed by atoms with van der Waals surface area (Å²) in [5, 5.41) is 11.7. The van der Waals surface area contributed by atoms with E-state index >= 15 is 0 Å². The van der Waals surface area contributed by atoms with E-state index in [0.29, 0.717) is 5.69 Å². The molecule has 1 amide bonds. The molecule has 0 saturated heterocycles. The van der Waals surface area contributed by atoms with Gasteiger partial charge in [0.05, 0.1) is 28.2 Å². The fourth-order valence-corrected chi connectivity index (χ4v) is 2.29. The molecule has 0 aliphatic carbocycles. The molecule has 1 heterocycles. The van der Waals surface area contributed by atoms with Gasteiger partial charge in [-0.25, -0.2) is 0 Å². The van der Waals surface area contributed by atoms with Crippen LogP contribution in [0.5, 0.6) is 0 Å². The number of hydrogen-bond donors (Lipinski definition) is 3. The number of anilines is 2. The van der Waals surface area contributed by atoms with Crippen LogP contribution in [0.25, 0.3) is 0 Å². The van der Waals surface area contributed by atoms with E-state index in [1.807, 2.05) is 13.8 Å². The molecule has 2 aromatic rings. The molecule has 2 rings (SSSR count). The summed E-state index contributed by atoms with van der Waals surface area (Å²) in [6.07, 6.45) is -1.51. The Morgan fingerprint density at radius 2 is 2.04 bits per heavy atom. The number of rotatable bonds is 5. The molecule has 0 unspecified atom stereocenters. The van der Waals surface area contributed by atoms with Gasteiger partial charge < -0.3 is 10.6 Å². The van der Waals surface area contributed by atoms with Crippen LogP contribution < -0.4 is 10.6 Å². The Balaban J connectivity index is 2.17. The zero-order valence-electron chi connectivity index (χ0n) is 12.9. The number of hydrogen-bond acceptors (Lipinski definition) is 3. The number of aromatic nitrogens is 2. The van der Waals surface area contributed by atoms with E-state index in [9.17, 15) is 18.0 Å². The van der Waals surface area contributed by atoms with E-state index in [1.54, 1.807) is 0 Å². The lowest BCUT2D eigenvalue weighted by Gasteiger charge is -2.23. The summed E-state index contributed by atoms with van der Waals surface area (Å²) in [7, 11) is 0. The molecular weight excluding hydrogens is 345 g/mol. The van der Waals surface area contributed by atoms with Gasteiger partial charge in [-0.2, -0.15) is 18.3 Å². The highest BCUT2D eigenvalue weighted by Gasteiger charge is 2.31. The average Bonchev–Trinajstić information content (AvgIpc) is 2.97. The second kappa shape index (κ2) is 7.12. The number of amides is 1. The predicted molar refractivity (Wildman–Crippen MR) is 85.9 cm³/mol. The van der Waals surface area contributed by atoms with E-state index in [0.717, 1.165) is 12.1 Å². The standard InChI is InChI=1S/C15H16ClF3N4O/c1-8(2)13(14(24)22-10-6-20-21-7-10)23-12-4-3-9(5-11(12)16)15(17,18)19/h3-8,13,23H,1-2H3,(H,20,21)(H,22,24)/t13-/m1/s1. The van der Waals surface area contributed by atoms with Crippen LogP contribution >= 0.6 is 11.6 Å². The number of nitrogens with zero attached hydrogens (tertiary/aromatic N) is 1. The highest BCUT2D eigenvalue weighted by Crippen LogP contribution is 2.34. The molecule has 0 spiro atoms. The molecule has 5 nitrogen and oxygen atoms in total. The molecule has 0 aliphatic rings. The zero-order valence-corrected chi connectivity index (χ0v) is 13.7. The summed E-state index contributed by atoms with van der Waals surface area (Å²) in [4.78, 5) is 12.4. The summed E-state index contributed by atoms with van der Waals surface area (Å²) >= 11 is 5.92. The molecule has 1 atom stereocenters. The Kier molecular flexibility index (Phi) is 5.38. The van der Waals surface area contributed by atoms with Gasteiger partial charge in [0.1, 0.15) is 6.04 Å². The van der Waals surface area contributed by atoms with Crippen molar-refractivity contribution in [2.75, 3.05) is 10.6 Å². The normalized spacial score (nSPS) is 13.0. The largest absolute Gasteiger partial charge is 0.416 e. The predicted octanol–water partition coefficient (Wildman–Crippen LogP) is 4.16. The topological polar surface area (TPSA) is 69.8 Å². The minimum Gasteiger partial charge on any atom is -0.372 e. The van der Waals surface area contributed by atoms with Crippen molar-refractivity contribution in [3.8, 4) is 0 Å². The van der Waals surface area contributed by atoms with E-state index < -0.39 is 17.8 Å². The van der Waals surface area contributed by atoms with Crippen LogP contribution in [0, 0.1) is 5.92 Å². The lowest BCUT2D eigenvalue weighted by molar-refractivity contribution is -0.137. The molecule has 3 N–H and O–H groups in total. The van der Waals surface area contributed by atoms with Gasteiger partial charge in [0.15, 0.2) is 0 Å². The summed E-state index contributed by atoms with van der Waals surface area (Å²) in [6, 6.07) is 2.27. The lowest BCUT2D eigenvalue weighted by atomic mass is 10.0. The van der Waals surface area contributed by atoms with E-state index in [1.165, 1.54) is 18.5 Å². The first-order valence-corrected chi connectivity index (χ1v) is 7.49. The monoisotopic (exact) mass is 360 g/mol. The number of H-pyrrole nitrogens is 1. The third-order valence-corrected chi connectivity index (χ3v) is 3.64. The molecule has 0 aliphatic heterocycles. The van der Waals surface area contributed by atoms with E-state index in [-0.39, 0.29) is 22.5 Å². The van der Waals surface area contributed by atoms with Gasteiger partial charge in [0.25, 0.3) is 0 Å². The van der Waals surface area contributed by atoms with E-state index in [4.69, 9.17) is 11.6 Å². The smallest absolute Gasteiger partial charge is 0.372 e. The van der Waals surface area contributed by atoms with Gasteiger partial charge in [-0.15, -0.1) is 0 Å². The van der Waals surface area contributed by atoms with Crippen LogP contribution in [0.4, 0.5) is 24.5 Å². The number of alkyl halides is 3. The zero-order chi connectivity index (χ0) is 17.9. The van der Waals surface area contributed by atoms with Crippen molar-refractivity contribution in [3.05, 3.63) is 41.2 Å². The number of carbonyl (C=O) groups excluding carboxylic acids is 1. The van der Waals surface area contributed by atoms with Gasteiger partial charge >= 0.3 is 6.18 Å². The molecule has 1 aromatic heterocycles. The molecule has 0 bridgehead atoms. The van der Waals surface area contributed by atoms with Crippen molar-refractivity contribution in [2.45, 2.75) is 26.1 Å². The third-order valence-electron chi connectivity index (χ3n) is 3.32. The van der Waals surface area contributed by atoms with Crippen molar-refractivity contribution in [2.24, 2.45) is 5.92 Å². The van der Waals surface area contributed by atoms with Crippen LogP contribution in [-0.2, 0) is 11.0 Å². The van der Waals surface area contributed by atoms with E-state index in [2.05, 4.69) is 20.8 Å². The first-order valence-electron chi connectivity index (χ1n) is 7.11. The van der Waals surface area contributed by atoms with Crippen LogP contribution in [-0.4, -0.2) is 22.1 Å². The maximum atomic E-state index is 12.7. The number of carbonyl (C=O) groups is 1. The minimum atomic E-state index is -4.47. The van der Waals surface area contributed by atoms with Gasteiger partial charge in [0, 0.05) is 6.20 Å². The first-order chi connectivity index (χ1) is 11.2. The number of benzene rings is 1. The Hall–Kier alpha value is -2.22. The third kappa shape index (κ3) is 4.41. The highest BCUT2D eigenvalue weighted by atomic mass is 35.5. The summed E-state index contributed by atoms with van der Waals surface area (Å²) < 4.78 is 38.0. The molecule has 0 fully saturated rings. The Labute approximate surface area is 141 Å². The molecule has 24 heavy (non-hydrogen) atoms. The Morgan fingerprint density at radius 3 is 2.54 bits per heavy atom. The van der Waals surface area contributed by atoms with Crippen LogP contribution in [0.3, 0.4) is 0 Å². The molecule has 1 aromatic carbocycles. The fraction of sp³-hybridized carbons (Fsp3) is 0.333. The summed E-state index contributed by atoms with van der Waals surface area (Å²) in [6.45, 7) is 3.62. The number of aromatic amines is 1. The fourth-order valence-electron chi connectivity index (χ4n) is 2.05. The maximum Gasteiger partial charge on any atom is 0.416 e. The van der Waals surface area contributed by atoms with Crippen LogP contribution in [0.15, 0.2) is 30.6 Å². The van der Waals surface area contributed by atoms with Crippen molar-refractivity contribution < 1.29 is 18.0 Å². The summed E-state index contributed by atoms with van der Waals surface area (Å²) in [5.41, 5.74) is -0.0985. The summed E-state index contributed by atoms with van der Waals surface area (Å²) in [5.74, 6) is -0.474. The highest BCUT2D eigenvalue weighted by molar-refractivity contribution is 6.33. The quantitative estimate of drug-likeness (QED) is 0.750. The first kappa shape index (κ1) is 18.1. The van der Waals surface area contributed by atoms with Gasteiger partial charge in [0.2, 0.25) is 5.91 Å². The molecular formula is C15H16ClF3N4O. The second-order valence-electron chi connectivity index (χ2n) is 5.53. The van der Waals surface area contributed by atoms with Crippen LogP contribution in [0.2, 0.25) is 5.02 Å². The SMILES string of the molecule is CC(C)[C@@H](Nc1ccc(C(F)(F)F)cc1Cl)C(=O)Nc1cn[nH]c1. The number of nitrogens with one attached hydrogen (secondary N) is 3. The van der Waals surface area contributed by atoms with Crippen LogP contribution in [0.1, 0.15) is 19.4 Å². The van der Waals surface area contributed by atoms with Gasteiger partial charge in [-0.05, 0) is 24.1 Å². The van der Waals surface area contributed by atoms with Gasteiger partial charge in [-0.1, -0.05) is 25.4 Å². The Morgan fingerprint density at radius 1 is 1.33 bits per heavy atom. The maximum absolute atomic E-state index is 12.7. The second-order valence-corrected chi connectivity index (χ2v) is 5.94. The molecule has 130 valence electrons. The van der Waals surface area contributed by atoms with Gasteiger partial charge in [-0.3, -0.25) is 9.89 Å². The molecule has 0 saturated carbocycles. The van der Waals surface area contributed by atoms with Crippen molar-refractivity contribution >= 4 is 28.9 Å². The Bertz CT molecular complexity index is 701. The lowest BCUT2D eigenvalue weighted by Crippen LogP contribution is -2.38. The minimum absolute atomic E-state index is 0.105. The number of halogens is 4. The van der Waals surface area contributed by atoms with Crippen molar-refractivity contribution in [1.29, 1.82) is 0 Å². The molecule has 9 heteroatoms. The van der Waals surface area contributed by atoms with Crippen molar-refractivity contribution in [3.63, 3.8) is 0 Å². The van der Waals surface area contributed by atoms with Crippen molar-refractivity contribution in [1.82, 2.24) is 10.2 Å². The molecule has 0 radical (unpaired) electrons.